The Morgan fingerprint density at radius 3 is 2.64 bits per heavy atom. The molecule has 0 aliphatic rings. The molecule has 0 saturated heterocycles. The molecular weight excluding hydrogens is 176 g/mol. The Balaban J connectivity index is 2.84. The fourth-order valence-corrected chi connectivity index (χ4v) is 1.52. The molecule has 14 heavy (non-hydrogen) atoms. The summed E-state index contributed by atoms with van der Waals surface area (Å²) in [5, 5.41) is 9.25. The smallest absolute Gasteiger partial charge is 0.0686 e. The molecule has 1 aromatic rings. The number of aliphatic hydroxyl groups excluding tert-OH is 1. The fraction of sp³-hybridized carbons (Fsp3) is 0.455. The first kappa shape index (κ1) is 10.9. The molecule has 0 aromatic heterocycles. The van der Waals surface area contributed by atoms with Crippen LogP contribution in [0.5, 0.6) is 0 Å². The van der Waals surface area contributed by atoms with Gasteiger partial charge in [-0.1, -0.05) is 6.07 Å². The summed E-state index contributed by atoms with van der Waals surface area (Å²) in [5.74, 6) is 0. The molecular formula is C11H18N2O. The lowest BCUT2D eigenvalue weighted by molar-refractivity contribution is 0.201. The lowest BCUT2D eigenvalue weighted by Crippen LogP contribution is -2.27. The van der Waals surface area contributed by atoms with Crippen molar-refractivity contribution in [1.82, 2.24) is 0 Å². The van der Waals surface area contributed by atoms with E-state index in [0.717, 1.165) is 16.9 Å². The summed E-state index contributed by atoms with van der Waals surface area (Å²) in [6.07, 6.45) is -0.347. The minimum absolute atomic E-state index is 0.347. The van der Waals surface area contributed by atoms with Gasteiger partial charge in [0.2, 0.25) is 0 Å². The van der Waals surface area contributed by atoms with E-state index >= 15 is 0 Å². The zero-order valence-electron chi connectivity index (χ0n) is 8.99. The molecule has 3 nitrogen and oxygen atoms in total. The van der Waals surface area contributed by atoms with E-state index in [2.05, 4.69) is 0 Å². The van der Waals surface area contributed by atoms with Gasteiger partial charge < -0.3 is 15.7 Å². The van der Waals surface area contributed by atoms with Gasteiger partial charge in [0.15, 0.2) is 0 Å². The van der Waals surface area contributed by atoms with Crippen LogP contribution in [0.4, 0.5) is 11.4 Å². The third kappa shape index (κ3) is 2.64. The van der Waals surface area contributed by atoms with Crippen molar-refractivity contribution < 1.29 is 5.11 Å². The maximum absolute atomic E-state index is 9.25. The first-order valence-corrected chi connectivity index (χ1v) is 4.76. The molecule has 3 heteroatoms. The monoisotopic (exact) mass is 194 g/mol. The van der Waals surface area contributed by atoms with Gasteiger partial charge in [0.25, 0.3) is 0 Å². The van der Waals surface area contributed by atoms with Gasteiger partial charge in [-0.2, -0.15) is 0 Å². The van der Waals surface area contributed by atoms with Crippen LogP contribution in [0.25, 0.3) is 0 Å². The molecule has 0 radical (unpaired) electrons. The Bertz CT molecular complexity index is 310. The number of nitrogen functional groups attached to an aromatic ring is 1. The van der Waals surface area contributed by atoms with Crippen LogP contribution in [-0.4, -0.2) is 24.8 Å². The van der Waals surface area contributed by atoms with E-state index in [0.29, 0.717) is 6.54 Å². The molecule has 1 atom stereocenters. The van der Waals surface area contributed by atoms with Gasteiger partial charge in [0.1, 0.15) is 0 Å². The highest BCUT2D eigenvalue weighted by molar-refractivity contribution is 5.68. The summed E-state index contributed by atoms with van der Waals surface area (Å²) >= 11 is 0. The van der Waals surface area contributed by atoms with Crippen molar-refractivity contribution in [3.63, 3.8) is 0 Å². The first-order chi connectivity index (χ1) is 6.50. The topological polar surface area (TPSA) is 49.5 Å². The standard InChI is InChI=1S/C11H18N2O/c1-8-4-5-11(10(12)6-8)13(3)7-9(2)14/h4-6,9,14H,7,12H2,1-3H3. The quantitative estimate of drug-likeness (QED) is 0.715. The van der Waals surface area contributed by atoms with Crippen molar-refractivity contribution in [2.75, 3.05) is 24.2 Å². The van der Waals surface area contributed by atoms with E-state index in [1.807, 2.05) is 37.1 Å². The molecule has 0 saturated carbocycles. The average Bonchev–Trinajstić information content (AvgIpc) is 2.01. The number of benzene rings is 1. The number of aryl methyl sites for hydroxylation is 1. The van der Waals surface area contributed by atoms with Gasteiger partial charge in [-0.25, -0.2) is 0 Å². The molecule has 0 amide bonds. The van der Waals surface area contributed by atoms with Crippen LogP contribution in [0.3, 0.4) is 0 Å². The number of rotatable bonds is 3. The molecule has 3 N–H and O–H groups in total. The largest absolute Gasteiger partial charge is 0.397 e. The van der Waals surface area contributed by atoms with Gasteiger partial charge in [0, 0.05) is 13.6 Å². The number of nitrogens with two attached hydrogens (primary N) is 1. The van der Waals surface area contributed by atoms with Crippen molar-refractivity contribution in [3.05, 3.63) is 23.8 Å². The number of hydrogen-bond donors (Lipinski definition) is 2. The third-order valence-electron chi connectivity index (χ3n) is 2.13. The molecule has 1 rings (SSSR count). The van der Waals surface area contributed by atoms with Gasteiger partial charge >= 0.3 is 0 Å². The predicted molar refractivity (Wildman–Crippen MR) is 60.5 cm³/mol. The van der Waals surface area contributed by atoms with E-state index in [4.69, 9.17) is 5.73 Å². The number of aliphatic hydroxyl groups is 1. The van der Waals surface area contributed by atoms with Crippen molar-refractivity contribution in [2.45, 2.75) is 20.0 Å². The van der Waals surface area contributed by atoms with Crippen molar-refractivity contribution in [2.24, 2.45) is 0 Å². The Labute approximate surface area is 85.2 Å². The Morgan fingerprint density at radius 1 is 1.50 bits per heavy atom. The van der Waals surface area contributed by atoms with Crippen LogP contribution >= 0.6 is 0 Å². The van der Waals surface area contributed by atoms with Crippen LogP contribution < -0.4 is 10.6 Å². The molecule has 0 fully saturated rings. The minimum Gasteiger partial charge on any atom is -0.397 e. The van der Waals surface area contributed by atoms with E-state index in [1.54, 1.807) is 6.92 Å². The molecule has 0 aliphatic heterocycles. The second-order valence-corrected chi connectivity index (χ2v) is 3.79. The van der Waals surface area contributed by atoms with Crippen LogP contribution in [-0.2, 0) is 0 Å². The second-order valence-electron chi connectivity index (χ2n) is 3.79. The zero-order valence-corrected chi connectivity index (χ0v) is 8.99. The number of nitrogens with zero attached hydrogens (tertiary/aromatic N) is 1. The normalized spacial score (nSPS) is 12.6. The maximum atomic E-state index is 9.25. The van der Waals surface area contributed by atoms with Crippen molar-refractivity contribution in [3.8, 4) is 0 Å². The van der Waals surface area contributed by atoms with Crippen LogP contribution in [0.15, 0.2) is 18.2 Å². The van der Waals surface area contributed by atoms with E-state index in [-0.39, 0.29) is 6.10 Å². The van der Waals surface area contributed by atoms with Gasteiger partial charge in [-0.3, -0.25) is 0 Å². The first-order valence-electron chi connectivity index (χ1n) is 4.76. The molecule has 0 heterocycles. The highest BCUT2D eigenvalue weighted by Crippen LogP contribution is 2.22. The Kier molecular flexibility index (Phi) is 3.36. The highest BCUT2D eigenvalue weighted by Gasteiger charge is 2.07. The summed E-state index contributed by atoms with van der Waals surface area (Å²) < 4.78 is 0. The molecule has 78 valence electrons. The van der Waals surface area contributed by atoms with Crippen LogP contribution in [0, 0.1) is 6.92 Å². The maximum Gasteiger partial charge on any atom is 0.0686 e. The number of hydrogen-bond acceptors (Lipinski definition) is 3. The lowest BCUT2D eigenvalue weighted by atomic mass is 10.2. The molecule has 0 aliphatic carbocycles. The lowest BCUT2D eigenvalue weighted by Gasteiger charge is -2.22. The Morgan fingerprint density at radius 2 is 2.14 bits per heavy atom. The molecule has 0 bridgehead atoms. The predicted octanol–water partition coefficient (Wildman–Crippen LogP) is 1.39. The fourth-order valence-electron chi connectivity index (χ4n) is 1.52. The molecule has 1 unspecified atom stereocenters. The van der Waals surface area contributed by atoms with Gasteiger partial charge in [0.05, 0.1) is 17.5 Å². The Hall–Kier alpha value is -1.22. The van der Waals surface area contributed by atoms with Crippen molar-refractivity contribution in [1.29, 1.82) is 0 Å². The van der Waals surface area contributed by atoms with E-state index in [1.165, 1.54) is 0 Å². The molecule has 1 aromatic carbocycles. The summed E-state index contributed by atoms with van der Waals surface area (Å²) in [6.45, 7) is 4.36. The summed E-state index contributed by atoms with van der Waals surface area (Å²) in [4.78, 5) is 1.96. The van der Waals surface area contributed by atoms with Gasteiger partial charge in [-0.05, 0) is 31.5 Å². The minimum atomic E-state index is -0.347. The summed E-state index contributed by atoms with van der Waals surface area (Å²) in [5.41, 5.74) is 8.75. The second kappa shape index (κ2) is 4.33. The average molecular weight is 194 g/mol. The summed E-state index contributed by atoms with van der Waals surface area (Å²) in [6, 6.07) is 5.94. The van der Waals surface area contributed by atoms with Gasteiger partial charge in [-0.15, -0.1) is 0 Å². The zero-order chi connectivity index (χ0) is 10.7. The SMILES string of the molecule is Cc1ccc(N(C)CC(C)O)c(N)c1. The number of anilines is 2. The third-order valence-corrected chi connectivity index (χ3v) is 2.13. The summed E-state index contributed by atoms with van der Waals surface area (Å²) in [7, 11) is 1.92. The van der Waals surface area contributed by atoms with E-state index < -0.39 is 0 Å². The highest BCUT2D eigenvalue weighted by atomic mass is 16.3. The number of likely N-dealkylation sites (N-methyl/N-ethyl adjacent to an activating group) is 1. The van der Waals surface area contributed by atoms with E-state index in [9.17, 15) is 5.11 Å². The van der Waals surface area contributed by atoms with Crippen LogP contribution in [0.1, 0.15) is 12.5 Å². The molecule has 0 spiro atoms. The van der Waals surface area contributed by atoms with Crippen molar-refractivity contribution >= 4 is 11.4 Å². The van der Waals surface area contributed by atoms with Crippen LogP contribution in [0.2, 0.25) is 0 Å².